The van der Waals surface area contributed by atoms with Crippen molar-refractivity contribution in [3.63, 3.8) is 0 Å². The number of hydrogen-bond donors (Lipinski definition) is 1. The molecule has 4 nitrogen and oxygen atoms in total. The zero-order chi connectivity index (χ0) is 12.8. The van der Waals surface area contributed by atoms with Gasteiger partial charge in [0.05, 0.1) is 18.8 Å². The smallest absolute Gasteiger partial charge is 0.335 e. The fourth-order valence-corrected chi connectivity index (χ4v) is 2.05. The first kappa shape index (κ1) is 13.1. The number of carbonyl (C=O) groups is 1. The summed E-state index contributed by atoms with van der Waals surface area (Å²) in [6.07, 6.45) is 2.10. The lowest BCUT2D eigenvalue weighted by Crippen LogP contribution is -2.20. The van der Waals surface area contributed by atoms with Gasteiger partial charge in [-0.15, -0.1) is 0 Å². The molecular formula is C14H18O4. The maximum absolute atomic E-state index is 10.8. The molecule has 0 aliphatic carbocycles. The van der Waals surface area contributed by atoms with Gasteiger partial charge in [0.25, 0.3) is 0 Å². The molecule has 1 aliphatic rings. The van der Waals surface area contributed by atoms with E-state index in [1.54, 1.807) is 18.2 Å². The second-order valence-electron chi connectivity index (χ2n) is 4.58. The molecule has 0 radical (unpaired) electrons. The Morgan fingerprint density at radius 1 is 1.39 bits per heavy atom. The van der Waals surface area contributed by atoms with E-state index in [1.807, 2.05) is 6.07 Å². The van der Waals surface area contributed by atoms with Crippen molar-refractivity contribution in [2.75, 3.05) is 19.8 Å². The topological polar surface area (TPSA) is 55.8 Å². The molecule has 1 aromatic carbocycles. The van der Waals surface area contributed by atoms with Crippen LogP contribution in [0.15, 0.2) is 24.3 Å². The van der Waals surface area contributed by atoms with E-state index in [-0.39, 0.29) is 0 Å². The van der Waals surface area contributed by atoms with Crippen LogP contribution >= 0.6 is 0 Å². The van der Waals surface area contributed by atoms with Crippen molar-refractivity contribution < 1.29 is 19.4 Å². The highest BCUT2D eigenvalue weighted by atomic mass is 16.5. The lowest BCUT2D eigenvalue weighted by molar-refractivity contribution is 0.0157. The van der Waals surface area contributed by atoms with Gasteiger partial charge in [-0.2, -0.15) is 0 Å². The molecule has 1 fully saturated rings. The van der Waals surface area contributed by atoms with Crippen molar-refractivity contribution in [1.29, 1.82) is 0 Å². The third-order valence-corrected chi connectivity index (χ3v) is 3.14. The maximum atomic E-state index is 10.8. The molecule has 0 amide bonds. The van der Waals surface area contributed by atoms with Crippen molar-refractivity contribution >= 4 is 5.97 Å². The first-order valence-electron chi connectivity index (χ1n) is 6.23. The molecule has 0 aromatic heterocycles. The van der Waals surface area contributed by atoms with E-state index in [0.29, 0.717) is 18.1 Å². The van der Waals surface area contributed by atoms with E-state index in [9.17, 15) is 4.79 Å². The van der Waals surface area contributed by atoms with Crippen molar-refractivity contribution in [3.05, 3.63) is 35.4 Å². The first-order valence-corrected chi connectivity index (χ1v) is 6.23. The molecule has 0 unspecified atom stereocenters. The zero-order valence-corrected chi connectivity index (χ0v) is 10.3. The number of ether oxygens (including phenoxy) is 2. The normalized spacial score (nSPS) is 16.7. The lowest BCUT2D eigenvalue weighted by atomic mass is 10.0. The van der Waals surface area contributed by atoms with E-state index in [2.05, 4.69) is 0 Å². The molecule has 18 heavy (non-hydrogen) atoms. The molecule has 2 rings (SSSR count). The SMILES string of the molecule is O=C(O)c1cccc(COCC2CCOCC2)c1. The van der Waals surface area contributed by atoms with Crippen LogP contribution < -0.4 is 0 Å². The van der Waals surface area contributed by atoms with Crippen LogP contribution in [-0.4, -0.2) is 30.9 Å². The van der Waals surface area contributed by atoms with E-state index in [1.165, 1.54) is 0 Å². The number of rotatable bonds is 5. The maximum Gasteiger partial charge on any atom is 0.335 e. The van der Waals surface area contributed by atoms with Gasteiger partial charge < -0.3 is 14.6 Å². The Labute approximate surface area is 107 Å². The van der Waals surface area contributed by atoms with E-state index in [0.717, 1.165) is 38.2 Å². The molecule has 98 valence electrons. The van der Waals surface area contributed by atoms with Crippen LogP contribution in [0.2, 0.25) is 0 Å². The predicted octanol–water partition coefficient (Wildman–Crippen LogP) is 2.33. The summed E-state index contributed by atoms with van der Waals surface area (Å²) in [6.45, 7) is 2.84. The molecular weight excluding hydrogens is 232 g/mol. The van der Waals surface area contributed by atoms with Crippen molar-refractivity contribution in [2.45, 2.75) is 19.4 Å². The van der Waals surface area contributed by atoms with Crippen molar-refractivity contribution in [3.8, 4) is 0 Å². The highest BCUT2D eigenvalue weighted by Gasteiger charge is 2.13. The summed E-state index contributed by atoms with van der Waals surface area (Å²) in [7, 11) is 0. The minimum Gasteiger partial charge on any atom is -0.478 e. The number of carboxylic acids is 1. The Kier molecular flexibility index (Phi) is 4.73. The number of hydrogen-bond acceptors (Lipinski definition) is 3. The quantitative estimate of drug-likeness (QED) is 0.871. The minimum absolute atomic E-state index is 0.308. The Morgan fingerprint density at radius 2 is 2.17 bits per heavy atom. The molecule has 1 N–H and O–H groups in total. The van der Waals surface area contributed by atoms with Gasteiger partial charge in [-0.25, -0.2) is 4.79 Å². The Balaban J connectivity index is 1.78. The van der Waals surface area contributed by atoms with E-state index in [4.69, 9.17) is 14.6 Å². The van der Waals surface area contributed by atoms with Gasteiger partial charge in [0.1, 0.15) is 0 Å². The van der Waals surface area contributed by atoms with Crippen LogP contribution in [0.1, 0.15) is 28.8 Å². The summed E-state index contributed by atoms with van der Waals surface area (Å²) in [6, 6.07) is 6.88. The number of aromatic carboxylic acids is 1. The van der Waals surface area contributed by atoms with Crippen LogP contribution in [0.5, 0.6) is 0 Å². The van der Waals surface area contributed by atoms with Crippen LogP contribution in [0, 0.1) is 5.92 Å². The first-order chi connectivity index (χ1) is 8.75. The molecule has 1 saturated heterocycles. The molecule has 1 aliphatic heterocycles. The summed E-state index contributed by atoms with van der Waals surface area (Å²) in [5.74, 6) is -0.331. The molecule has 1 aromatic rings. The average Bonchev–Trinajstić information content (AvgIpc) is 2.40. The van der Waals surface area contributed by atoms with Gasteiger partial charge in [0.2, 0.25) is 0 Å². The van der Waals surface area contributed by atoms with Gasteiger partial charge in [-0.1, -0.05) is 12.1 Å². The van der Waals surface area contributed by atoms with Gasteiger partial charge >= 0.3 is 5.97 Å². The van der Waals surface area contributed by atoms with E-state index < -0.39 is 5.97 Å². The van der Waals surface area contributed by atoms with Gasteiger partial charge in [0, 0.05) is 13.2 Å². The van der Waals surface area contributed by atoms with E-state index >= 15 is 0 Å². The number of carboxylic acid groups (broad SMARTS) is 1. The molecule has 0 bridgehead atoms. The van der Waals surface area contributed by atoms with Gasteiger partial charge in [-0.05, 0) is 36.5 Å². The van der Waals surface area contributed by atoms with Crippen LogP contribution in [-0.2, 0) is 16.1 Å². The Hall–Kier alpha value is -1.39. The monoisotopic (exact) mass is 250 g/mol. The summed E-state index contributed by atoms with van der Waals surface area (Å²) in [4.78, 5) is 10.8. The number of benzene rings is 1. The second kappa shape index (κ2) is 6.52. The van der Waals surface area contributed by atoms with Crippen LogP contribution in [0.25, 0.3) is 0 Å². The van der Waals surface area contributed by atoms with Crippen LogP contribution in [0.3, 0.4) is 0 Å². The standard InChI is InChI=1S/C14H18O4/c15-14(16)13-3-1-2-12(8-13)10-18-9-11-4-6-17-7-5-11/h1-3,8,11H,4-7,9-10H2,(H,15,16). The molecule has 0 atom stereocenters. The molecule has 4 heteroatoms. The lowest BCUT2D eigenvalue weighted by Gasteiger charge is -2.21. The summed E-state index contributed by atoms with van der Waals surface area (Å²) >= 11 is 0. The minimum atomic E-state index is -0.902. The fourth-order valence-electron chi connectivity index (χ4n) is 2.05. The highest BCUT2D eigenvalue weighted by molar-refractivity contribution is 5.87. The summed E-state index contributed by atoms with van der Waals surface area (Å²) in [5, 5.41) is 8.88. The third-order valence-electron chi connectivity index (χ3n) is 3.14. The Bertz CT molecular complexity index is 397. The zero-order valence-electron chi connectivity index (χ0n) is 10.3. The summed E-state index contributed by atoms with van der Waals surface area (Å²) < 4.78 is 10.9. The fraction of sp³-hybridized carbons (Fsp3) is 0.500. The molecule has 0 saturated carbocycles. The largest absolute Gasteiger partial charge is 0.478 e. The average molecular weight is 250 g/mol. The molecule has 1 heterocycles. The predicted molar refractivity (Wildman–Crippen MR) is 66.6 cm³/mol. The van der Waals surface area contributed by atoms with Crippen LogP contribution in [0.4, 0.5) is 0 Å². The summed E-state index contributed by atoms with van der Waals surface area (Å²) in [5.41, 5.74) is 1.21. The Morgan fingerprint density at radius 3 is 2.89 bits per heavy atom. The van der Waals surface area contributed by atoms with Gasteiger partial charge in [0.15, 0.2) is 0 Å². The second-order valence-corrected chi connectivity index (χ2v) is 4.58. The van der Waals surface area contributed by atoms with Crippen molar-refractivity contribution in [2.24, 2.45) is 5.92 Å². The molecule has 0 spiro atoms. The van der Waals surface area contributed by atoms with Crippen molar-refractivity contribution in [1.82, 2.24) is 0 Å². The third kappa shape index (κ3) is 3.82. The van der Waals surface area contributed by atoms with Gasteiger partial charge in [-0.3, -0.25) is 0 Å². The highest BCUT2D eigenvalue weighted by Crippen LogP contribution is 2.15.